The van der Waals surface area contributed by atoms with Crippen molar-refractivity contribution in [2.75, 3.05) is 9.80 Å². The first kappa shape index (κ1) is 73.5. The molecule has 112 heavy (non-hydrogen) atoms. The van der Waals surface area contributed by atoms with E-state index in [4.69, 9.17) is 0 Å². The molecule has 0 radical (unpaired) electrons. The highest BCUT2D eigenvalue weighted by molar-refractivity contribution is 6.17. The SMILES string of the molecule is CC(C)(C)c1cc(N(c2cccc(-n3c4ccc(C(C)(C)C)cc4c4cc(C(C)(C)C)ccc43)c2)c2cccc3c4ccccc4n(-c4cccc(C(C)(C)C)c4)c23)cc(N(c2cccc(-n3c4ccc(C(C)(C)C)cc4c4cc(C(C)(C)C)ccc43)c2)c2cccc3c4ccccc4n(-c4cccc(C(C)(C)C)c4)c23)c1. The molecule has 0 spiro atoms. The number of anilines is 6. The fraction of sp³-hybridized carbons (Fsp3) is 0.264. The van der Waals surface area contributed by atoms with E-state index in [0.29, 0.717) is 0 Å². The summed E-state index contributed by atoms with van der Waals surface area (Å²) in [6.45, 7) is 49.0. The molecule has 0 saturated carbocycles. The van der Waals surface area contributed by atoms with Gasteiger partial charge in [0.2, 0.25) is 0 Å². The summed E-state index contributed by atoms with van der Waals surface area (Å²) in [5.41, 5.74) is 28.1. The van der Waals surface area contributed by atoms with Crippen molar-refractivity contribution in [1.29, 1.82) is 0 Å². The molecule has 4 aromatic heterocycles. The fourth-order valence-electron chi connectivity index (χ4n) is 17.3. The maximum absolute atomic E-state index is 2.59. The zero-order chi connectivity index (χ0) is 78.8. The molecule has 0 N–H and O–H groups in total. The summed E-state index contributed by atoms with van der Waals surface area (Å²) in [6, 6.07) is 106. The zero-order valence-corrected chi connectivity index (χ0v) is 69.7. The van der Waals surface area contributed by atoms with Crippen molar-refractivity contribution in [1.82, 2.24) is 18.3 Å². The van der Waals surface area contributed by atoms with E-state index < -0.39 is 0 Å². The first-order chi connectivity index (χ1) is 53.0. The van der Waals surface area contributed by atoms with Crippen LogP contribution in [0.3, 0.4) is 0 Å². The second-order valence-electron chi connectivity index (χ2n) is 38.9. The number of para-hydroxylation sites is 4. The largest absolute Gasteiger partial charge is 0.309 e. The summed E-state index contributed by atoms with van der Waals surface area (Å²) in [4.78, 5) is 5.19. The van der Waals surface area contributed by atoms with Crippen LogP contribution in [0, 0.1) is 0 Å². The predicted octanol–water partition coefficient (Wildman–Crippen LogP) is 30.1. The first-order valence-corrected chi connectivity index (χ1v) is 40.4. The lowest BCUT2D eigenvalue weighted by molar-refractivity contribution is 0.589. The van der Waals surface area contributed by atoms with E-state index >= 15 is 0 Å². The lowest BCUT2D eigenvalue weighted by Crippen LogP contribution is -2.19. The molecule has 0 fully saturated rings. The van der Waals surface area contributed by atoms with E-state index in [2.05, 4.69) is 446 Å². The van der Waals surface area contributed by atoms with Gasteiger partial charge < -0.3 is 28.1 Å². The molecule has 0 aliphatic carbocycles. The zero-order valence-electron chi connectivity index (χ0n) is 69.7. The molecule has 0 atom stereocenters. The lowest BCUT2D eigenvalue weighted by Gasteiger charge is -2.33. The first-order valence-electron chi connectivity index (χ1n) is 40.4. The molecule has 0 aliphatic rings. The minimum Gasteiger partial charge on any atom is -0.309 e. The second-order valence-corrected chi connectivity index (χ2v) is 38.9. The van der Waals surface area contributed by atoms with Crippen molar-refractivity contribution >= 4 is 121 Å². The number of hydrogen-bond acceptors (Lipinski definition) is 2. The molecule has 0 saturated heterocycles. The average molecular weight is 1470 g/mol. The van der Waals surface area contributed by atoms with Gasteiger partial charge in [-0.1, -0.05) is 267 Å². The van der Waals surface area contributed by atoms with Crippen molar-refractivity contribution in [3.8, 4) is 22.7 Å². The molecule has 0 aliphatic heterocycles. The molecule has 13 aromatic carbocycles. The molecular formula is C106H108N6. The van der Waals surface area contributed by atoms with Crippen LogP contribution in [-0.2, 0) is 37.9 Å². The Bertz CT molecular complexity index is 6090. The quantitative estimate of drug-likeness (QED) is 0.136. The number of aromatic nitrogens is 4. The molecular weight excluding hydrogens is 1360 g/mol. The van der Waals surface area contributed by atoms with Crippen LogP contribution in [0.2, 0.25) is 0 Å². The number of hydrogen-bond donors (Lipinski definition) is 0. The summed E-state index contributed by atoms with van der Waals surface area (Å²) in [6.07, 6.45) is 0. The van der Waals surface area contributed by atoms with Crippen LogP contribution in [0.1, 0.15) is 184 Å². The summed E-state index contributed by atoms with van der Waals surface area (Å²) in [5.74, 6) is 0. The van der Waals surface area contributed by atoms with Crippen LogP contribution in [0.5, 0.6) is 0 Å². The van der Waals surface area contributed by atoms with Crippen molar-refractivity contribution in [2.45, 2.75) is 183 Å². The van der Waals surface area contributed by atoms with Crippen LogP contribution >= 0.6 is 0 Å². The molecule has 6 nitrogen and oxygen atoms in total. The Labute approximate surface area is 663 Å². The summed E-state index contributed by atoms with van der Waals surface area (Å²) >= 11 is 0. The third kappa shape index (κ3) is 12.7. The van der Waals surface area contributed by atoms with E-state index in [0.717, 1.165) is 78.9 Å². The lowest BCUT2D eigenvalue weighted by atomic mass is 9.85. The summed E-state index contributed by atoms with van der Waals surface area (Å²) < 4.78 is 10.1. The van der Waals surface area contributed by atoms with Gasteiger partial charge in [-0.25, -0.2) is 0 Å². The van der Waals surface area contributed by atoms with E-state index in [9.17, 15) is 0 Å². The summed E-state index contributed by atoms with van der Waals surface area (Å²) in [7, 11) is 0. The molecule has 17 rings (SSSR count). The van der Waals surface area contributed by atoms with Crippen LogP contribution in [0.15, 0.2) is 273 Å². The highest BCUT2D eigenvalue weighted by Crippen LogP contribution is 2.52. The molecule has 17 aromatic rings. The second kappa shape index (κ2) is 26.1. The van der Waals surface area contributed by atoms with Crippen molar-refractivity contribution in [2.24, 2.45) is 0 Å². The van der Waals surface area contributed by atoms with E-state index in [1.165, 1.54) is 104 Å². The Morgan fingerprint density at radius 2 is 0.446 bits per heavy atom. The van der Waals surface area contributed by atoms with Gasteiger partial charge in [0.15, 0.2) is 0 Å². The smallest absolute Gasteiger partial charge is 0.0782 e. The average Bonchev–Trinajstić information content (AvgIpc) is 1.54. The number of fused-ring (bicyclic) bond motifs is 12. The fourth-order valence-corrected chi connectivity index (χ4v) is 17.3. The minimum absolute atomic E-state index is 0.0517. The van der Waals surface area contributed by atoms with Crippen LogP contribution in [0.25, 0.3) is 110 Å². The van der Waals surface area contributed by atoms with E-state index in [1.807, 2.05) is 0 Å². The summed E-state index contributed by atoms with van der Waals surface area (Å²) in [5, 5.41) is 9.78. The van der Waals surface area contributed by atoms with Gasteiger partial charge in [0.1, 0.15) is 0 Å². The monoisotopic (exact) mass is 1460 g/mol. The van der Waals surface area contributed by atoms with Crippen molar-refractivity contribution in [3.63, 3.8) is 0 Å². The van der Waals surface area contributed by atoms with Gasteiger partial charge >= 0.3 is 0 Å². The van der Waals surface area contributed by atoms with Crippen LogP contribution < -0.4 is 9.80 Å². The Balaban J connectivity index is 0.994. The highest BCUT2D eigenvalue weighted by Gasteiger charge is 2.32. The minimum atomic E-state index is -0.351. The number of rotatable bonds is 10. The van der Waals surface area contributed by atoms with Crippen molar-refractivity contribution in [3.05, 3.63) is 312 Å². The molecule has 6 heteroatoms. The van der Waals surface area contributed by atoms with Crippen LogP contribution in [0.4, 0.5) is 34.1 Å². The number of benzene rings is 13. The topological polar surface area (TPSA) is 26.2 Å². The Kier molecular flexibility index (Phi) is 17.1. The maximum Gasteiger partial charge on any atom is 0.0782 e. The van der Waals surface area contributed by atoms with Gasteiger partial charge in [-0.3, -0.25) is 0 Å². The Morgan fingerprint density at radius 3 is 0.768 bits per heavy atom. The third-order valence-electron chi connectivity index (χ3n) is 23.7. The van der Waals surface area contributed by atoms with Gasteiger partial charge in [0.25, 0.3) is 0 Å². The van der Waals surface area contributed by atoms with Gasteiger partial charge in [-0.05, 0) is 229 Å². The van der Waals surface area contributed by atoms with E-state index in [1.54, 1.807) is 0 Å². The van der Waals surface area contributed by atoms with Gasteiger partial charge in [-0.2, -0.15) is 0 Å². The van der Waals surface area contributed by atoms with Gasteiger partial charge in [0.05, 0.1) is 55.5 Å². The van der Waals surface area contributed by atoms with Gasteiger partial charge in [-0.15, -0.1) is 0 Å². The van der Waals surface area contributed by atoms with Crippen LogP contribution in [-0.4, -0.2) is 18.3 Å². The Morgan fingerprint density at radius 1 is 0.179 bits per heavy atom. The van der Waals surface area contributed by atoms with Crippen molar-refractivity contribution < 1.29 is 0 Å². The maximum atomic E-state index is 2.59. The molecule has 562 valence electrons. The molecule has 0 bridgehead atoms. The Hall–Kier alpha value is -11.3. The molecule has 4 heterocycles. The normalized spacial score (nSPS) is 13.0. The molecule has 0 amide bonds. The standard InChI is InChI=1S/C106H108N6/c1-100(2,3)67-32-26-34-74(56-67)111-90-44-24-22-40-82(90)84-42-30-46-96(98(84)111)107(76-36-28-38-78(64-76)109-92-52-48-69(102(7,8)9)60-86(92)87-61-70(103(10,11)12)49-53-93(87)109)80-58-73(106(19,20)21)59-81(66-80)108(97-47-31-43-85-83-41-23-25-45-91(83)112(99(85)97)75-35-27-33-68(57-75)101(4,5)6)77-37-29-39-79(65-77)110-94-54-50-71(104(13,14)15)62-88(94)89-63-72(105(16,17)18)51-55-95(89)110/h22-66H,1-21H3. The van der Waals surface area contributed by atoms with E-state index in [-0.39, 0.29) is 37.9 Å². The predicted molar refractivity (Wildman–Crippen MR) is 484 cm³/mol. The van der Waals surface area contributed by atoms with Gasteiger partial charge in [0, 0.05) is 88.6 Å². The third-order valence-corrected chi connectivity index (χ3v) is 23.7. The number of nitrogens with zero attached hydrogens (tertiary/aromatic N) is 6. The highest BCUT2D eigenvalue weighted by atomic mass is 15.2. The molecule has 0 unspecified atom stereocenters.